The Morgan fingerprint density at radius 2 is 1.75 bits per heavy atom. The first-order valence-electron chi connectivity index (χ1n) is 6.59. The average Bonchev–Trinajstić information content (AvgIpc) is 2.47. The summed E-state index contributed by atoms with van der Waals surface area (Å²) in [5, 5.41) is 12.3. The first kappa shape index (κ1) is 14.4. The van der Waals surface area contributed by atoms with Crippen molar-refractivity contribution in [1.29, 1.82) is 0 Å². The number of hydrogen-bond acceptors (Lipinski definition) is 5. The molecule has 0 atom stereocenters. The Balaban J connectivity index is 1.95. The molecule has 0 unspecified atom stereocenters. The summed E-state index contributed by atoms with van der Waals surface area (Å²) >= 11 is 0. The Kier molecular flexibility index (Phi) is 5.03. The number of nitrogens with one attached hydrogen (secondary N) is 1. The van der Waals surface area contributed by atoms with Gasteiger partial charge in [-0.1, -0.05) is 26.0 Å². The third-order valence-electron chi connectivity index (χ3n) is 2.71. The fourth-order valence-electron chi connectivity index (χ4n) is 1.58. The summed E-state index contributed by atoms with van der Waals surface area (Å²) in [6.45, 7) is 4.94. The van der Waals surface area contributed by atoms with Gasteiger partial charge in [0.15, 0.2) is 0 Å². The third-order valence-corrected chi connectivity index (χ3v) is 2.71. The second-order valence-corrected chi connectivity index (χ2v) is 4.81. The van der Waals surface area contributed by atoms with E-state index in [4.69, 9.17) is 9.84 Å². The number of benzene rings is 1. The summed E-state index contributed by atoms with van der Waals surface area (Å²) in [4.78, 5) is 8.34. The molecule has 0 aliphatic heterocycles. The second kappa shape index (κ2) is 6.98. The summed E-state index contributed by atoms with van der Waals surface area (Å²) in [7, 11) is 0. The van der Waals surface area contributed by atoms with Crippen molar-refractivity contribution in [2.24, 2.45) is 0 Å². The first-order chi connectivity index (χ1) is 9.67. The van der Waals surface area contributed by atoms with Gasteiger partial charge in [-0.2, -0.15) is 0 Å². The minimum Gasteiger partial charge on any atom is -0.424 e. The molecule has 2 rings (SSSR count). The van der Waals surface area contributed by atoms with Crippen LogP contribution in [0.2, 0.25) is 0 Å². The van der Waals surface area contributed by atoms with Gasteiger partial charge in [0, 0.05) is 30.5 Å². The fourth-order valence-corrected chi connectivity index (χ4v) is 1.58. The van der Waals surface area contributed by atoms with E-state index in [1.165, 1.54) is 0 Å². The third kappa shape index (κ3) is 4.29. The molecule has 0 spiro atoms. The van der Waals surface area contributed by atoms with Gasteiger partial charge in [0.1, 0.15) is 5.75 Å². The molecule has 2 N–H and O–H groups in total. The van der Waals surface area contributed by atoms with E-state index in [-0.39, 0.29) is 6.61 Å². The minimum atomic E-state index is 0.0222. The minimum absolute atomic E-state index is 0.0222. The quantitative estimate of drug-likeness (QED) is 0.845. The van der Waals surface area contributed by atoms with Gasteiger partial charge in [-0.3, -0.25) is 0 Å². The normalized spacial score (nSPS) is 10.8. The maximum absolute atomic E-state index is 8.97. The van der Waals surface area contributed by atoms with Crippen molar-refractivity contribution in [3.8, 4) is 11.8 Å². The molecule has 5 nitrogen and oxygen atoms in total. The average molecular weight is 273 g/mol. The molecule has 5 heteroatoms. The first-order valence-corrected chi connectivity index (χ1v) is 6.59. The maximum atomic E-state index is 8.97. The number of aromatic nitrogens is 2. The zero-order chi connectivity index (χ0) is 14.4. The lowest BCUT2D eigenvalue weighted by Crippen LogP contribution is -2.21. The Labute approximate surface area is 118 Å². The van der Waals surface area contributed by atoms with Gasteiger partial charge in [0.2, 0.25) is 0 Å². The summed E-state index contributed by atoms with van der Waals surface area (Å²) in [5.74, 6) is 0.648. The van der Waals surface area contributed by atoms with Crippen molar-refractivity contribution in [3.05, 3.63) is 47.8 Å². The lowest BCUT2D eigenvalue weighted by Gasteiger charge is -2.08. The standard InChI is InChI=1S/C15H19N3O2/c1-11(2)16-7-13-8-17-15(18-9-13)20-14-5-3-12(10-19)4-6-14/h3-6,8-9,11,16,19H,7,10H2,1-2H3. The van der Waals surface area contributed by atoms with Crippen LogP contribution in [-0.4, -0.2) is 21.1 Å². The number of hydrogen-bond donors (Lipinski definition) is 2. The molecule has 0 amide bonds. The molecule has 2 aromatic rings. The van der Waals surface area contributed by atoms with Gasteiger partial charge in [0.05, 0.1) is 6.61 Å². The Bertz CT molecular complexity index is 524. The van der Waals surface area contributed by atoms with Crippen LogP contribution in [0, 0.1) is 0 Å². The van der Waals surface area contributed by atoms with Gasteiger partial charge in [-0.25, -0.2) is 9.97 Å². The van der Waals surface area contributed by atoms with Crippen LogP contribution in [0.5, 0.6) is 11.8 Å². The van der Waals surface area contributed by atoms with E-state index in [1.54, 1.807) is 36.7 Å². The molecule has 0 aliphatic carbocycles. The number of ether oxygens (including phenoxy) is 1. The molecular formula is C15H19N3O2. The monoisotopic (exact) mass is 273 g/mol. The molecule has 0 bridgehead atoms. The lowest BCUT2D eigenvalue weighted by atomic mass is 10.2. The molecule has 106 valence electrons. The number of nitrogens with zero attached hydrogens (tertiary/aromatic N) is 2. The number of rotatable bonds is 6. The highest BCUT2D eigenvalue weighted by molar-refractivity contribution is 5.28. The van der Waals surface area contributed by atoms with Crippen molar-refractivity contribution in [2.75, 3.05) is 0 Å². The molecule has 0 aliphatic rings. The van der Waals surface area contributed by atoms with Crippen molar-refractivity contribution >= 4 is 0 Å². The van der Waals surface area contributed by atoms with Crippen LogP contribution < -0.4 is 10.1 Å². The van der Waals surface area contributed by atoms with E-state index in [0.717, 1.165) is 17.7 Å². The van der Waals surface area contributed by atoms with Crippen LogP contribution in [0.15, 0.2) is 36.7 Å². The van der Waals surface area contributed by atoms with Crippen molar-refractivity contribution in [2.45, 2.75) is 33.0 Å². The molecule has 20 heavy (non-hydrogen) atoms. The van der Waals surface area contributed by atoms with Crippen molar-refractivity contribution < 1.29 is 9.84 Å². The van der Waals surface area contributed by atoms with E-state index in [2.05, 4.69) is 29.1 Å². The van der Waals surface area contributed by atoms with Crippen LogP contribution in [-0.2, 0) is 13.2 Å². The molecule has 0 saturated carbocycles. The van der Waals surface area contributed by atoms with E-state index in [1.807, 2.05) is 0 Å². The summed E-state index contributed by atoms with van der Waals surface area (Å²) in [5.41, 5.74) is 1.86. The Hall–Kier alpha value is -1.98. The zero-order valence-electron chi connectivity index (χ0n) is 11.7. The lowest BCUT2D eigenvalue weighted by molar-refractivity contribution is 0.281. The fraction of sp³-hybridized carbons (Fsp3) is 0.333. The van der Waals surface area contributed by atoms with Gasteiger partial charge in [0.25, 0.3) is 0 Å². The molecule has 1 heterocycles. The van der Waals surface area contributed by atoms with Gasteiger partial charge in [-0.15, -0.1) is 0 Å². The Morgan fingerprint density at radius 1 is 1.10 bits per heavy atom. The molecule has 0 saturated heterocycles. The van der Waals surface area contributed by atoms with E-state index >= 15 is 0 Å². The van der Waals surface area contributed by atoms with Crippen LogP contribution in [0.3, 0.4) is 0 Å². The van der Waals surface area contributed by atoms with Crippen LogP contribution in [0.25, 0.3) is 0 Å². The molecule has 1 aromatic heterocycles. The van der Waals surface area contributed by atoms with Crippen LogP contribution in [0.4, 0.5) is 0 Å². The topological polar surface area (TPSA) is 67.3 Å². The highest BCUT2D eigenvalue weighted by Crippen LogP contribution is 2.18. The maximum Gasteiger partial charge on any atom is 0.321 e. The summed E-state index contributed by atoms with van der Waals surface area (Å²) < 4.78 is 5.53. The molecule has 1 aromatic carbocycles. The van der Waals surface area contributed by atoms with Gasteiger partial charge < -0.3 is 15.2 Å². The van der Waals surface area contributed by atoms with Crippen molar-refractivity contribution in [1.82, 2.24) is 15.3 Å². The number of aliphatic hydroxyl groups excluding tert-OH is 1. The molecule has 0 radical (unpaired) electrons. The Morgan fingerprint density at radius 3 is 2.30 bits per heavy atom. The van der Waals surface area contributed by atoms with Crippen LogP contribution >= 0.6 is 0 Å². The molecular weight excluding hydrogens is 254 g/mol. The summed E-state index contributed by atoms with van der Waals surface area (Å²) in [6, 6.07) is 7.91. The summed E-state index contributed by atoms with van der Waals surface area (Å²) in [6.07, 6.45) is 3.50. The van der Waals surface area contributed by atoms with E-state index in [0.29, 0.717) is 17.8 Å². The number of aliphatic hydroxyl groups is 1. The smallest absolute Gasteiger partial charge is 0.321 e. The van der Waals surface area contributed by atoms with E-state index < -0.39 is 0 Å². The SMILES string of the molecule is CC(C)NCc1cnc(Oc2ccc(CO)cc2)nc1. The zero-order valence-corrected chi connectivity index (χ0v) is 11.7. The highest BCUT2D eigenvalue weighted by Gasteiger charge is 2.02. The van der Waals surface area contributed by atoms with E-state index in [9.17, 15) is 0 Å². The highest BCUT2D eigenvalue weighted by atomic mass is 16.5. The predicted octanol–water partition coefficient (Wildman–Crippen LogP) is 2.26. The predicted molar refractivity (Wildman–Crippen MR) is 76.4 cm³/mol. The van der Waals surface area contributed by atoms with Crippen molar-refractivity contribution in [3.63, 3.8) is 0 Å². The van der Waals surface area contributed by atoms with Gasteiger partial charge in [-0.05, 0) is 17.7 Å². The largest absolute Gasteiger partial charge is 0.424 e. The van der Waals surface area contributed by atoms with Crippen LogP contribution in [0.1, 0.15) is 25.0 Å². The van der Waals surface area contributed by atoms with Gasteiger partial charge >= 0.3 is 6.01 Å². The second-order valence-electron chi connectivity index (χ2n) is 4.81. The molecule has 0 fully saturated rings.